The standard InChI is InChI=1S/C13H10F2N2O/c14-9-4-6-11(7-5-9)16-13(18)17-12-3-1-2-10(15)8-12/h1-8H,(H2,16,17,18). The maximum absolute atomic E-state index is 12.9. The molecule has 0 radical (unpaired) electrons. The van der Waals surface area contributed by atoms with Gasteiger partial charge in [-0.2, -0.15) is 0 Å². The van der Waals surface area contributed by atoms with E-state index in [1.807, 2.05) is 0 Å². The number of nitrogens with one attached hydrogen (secondary N) is 2. The highest BCUT2D eigenvalue weighted by Gasteiger charge is 2.03. The third kappa shape index (κ3) is 3.28. The number of rotatable bonds is 2. The molecular formula is C13H10F2N2O. The Morgan fingerprint density at radius 1 is 0.833 bits per heavy atom. The van der Waals surface area contributed by atoms with Crippen molar-refractivity contribution in [3.05, 3.63) is 60.2 Å². The molecule has 2 aromatic carbocycles. The van der Waals surface area contributed by atoms with Crippen molar-refractivity contribution in [1.29, 1.82) is 0 Å². The van der Waals surface area contributed by atoms with Crippen molar-refractivity contribution in [3.63, 3.8) is 0 Å². The monoisotopic (exact) mass is 248 g/mol. The lowest BCUT2D eigenvalue weighted by Crippen LogP contribution is -2.19. The van der Waals surface area contributed by atoms with Crippen LogP contribution in [-0.4, -0.2) is 6.03 Å². The first-order valence-electron chi connectivity index (χ1n) is 5.22. The molecule has 0 spiro atoms. The van der Waals surface area contributed by atoms with E-state index in [1.54, 1.807) is 6.07 Å². The first kappa shape index (κ1) is 12.0. The van der Waals surface area contributed by atoms with Crippen LogP contribution in [0.15, 0.2) is 48.5 Å². The second-order valence-electron chi connectivity index (χ2n) is 3.60. The predicted molar refractivity (Wildman–Crippen MR) is 65.4 cm³/mol. The molecule has 2 N–H and O–H groups in total. The van der Waals surface area contributed by atoms with Gasteiger partial charge in [0, 0.05) is 11.4 Å². The number of halogens is 2. The molecule has 0 aliphatic carbocycles. The third-order valence-electron chi connectivity index (χ3n) is 2.18. The number of carbonyl (C=O) groups excluding carboxylic acids is 1. The molecule has 0 bridgehead atoms. The Kier molecular flexibility index (Phi) is 3.52. The van der Waals surface area contributed by atoms with Crippen molar-refractivity contribution < 1.29 is 13.6 Å². The fourth-order valence-corrected chi connectivity index (χ4v) is 1.39. The molecule has 0 aliphatic rings. The van der Waals surface area contributed by atoms with Crippen LogP contribution in [0.1, 0.15) is 0 Å². The molecule has 0 saturated carbocycles. The van der Waals surface area contributed by atoms with Gasteiger partial charge in [-0.15, -0.1) is 0 Å². The fourth-order valence-electron chi connectivity index (χ4n) is 1.39. The highest BCUT2D eigenvalue weighted by Crippen LogP contribution is 2.11. The van der Waals surface area contributed by atoms with Crippen molar-refractivity contribution in [1.82, 2.24) is 0 Å². The summed E-state index contributed by atoms with van der Waals surface area (Å²) < 4.78 is 25.5. The summed E-state index contributed by atoms with van der Waals surface area (Å²) in [6.07, 6.45) is 0. The van der Waals surface area contributed by atoms with E-state index < -0.39 is 11.8 Å². The normalized spacial score (nSPS) is 9.89. The summed E-state index contributed by atoms with van der Waals surface area (Å²) in [6.45, 7) is 0. The molecule has 3 nitrogen and oxygen atoms in total. The topological polar surface area (TPSA) is 41.1 Å². The van der Waals surface area contributed by atoms with Gasteiger partial charge in [0.2, 0.25) is 0 Å². The van der Waals surface area contributed by atoms with E-state index in [-0.39, 0.29) is 5.82 Å². The van der Waals surface area contributed by atoms with Gasteiger partial charge in [-0.1, -0.05) is 6.07 Å². The van der Waals surface area contributed by atoms with Crippen LogP contribution in [0.3, 0.4) is 0 Å². The Hall–Kier alpha value is -2.43. The van der Waals surface area contributed by atoms with E-state index in [2.05, 4.69) is 10.6 Å². The molecule has 0 fully saturated rings. The SMILES string of the molecule is O=C(Nc1ccc(F)cc1)Nc1cccc(F)c1. The molecule has 0 aromatic heterocycles. The smallest absolute Gasteiger partial charge is 0.308 e. The molecule has 0 heterocycles. The van der Waals surface area contributed by atoms with Crippen LogP contribution in [0, 0.1) is 11.6 Å². The summed E-state index contributed by atoms with van der Waals surface area (Å²) in [5.74, 6) is -0.819. The molecule has 2 aromatic rings. The Morgan fingerprint density at radius 2 is 1.50 bits per heavy atom. The molecule has 0 atom stereocenters. The number of urea groups is 1. The first-order chi connectivity index (χ1) is 8.63. The van der Waals surface area contributed by atoms with E-state index >= 15 is 0 Å². The average Bonchev–Trinajstić information content (AvgIpc) is 2.32. The highest BCUT2D eigenvalue weighted by molar-refractivity contribution is 5.99. The highest BCUT2D eigenvalue weighted by atomic mass is 19.1. The zero-order valence-corrected chi connectivity index (χ0v) is 9.28. The molecule has 2 rings (SSSR count). The van der Waals surface area contributed by atoms with E-state index in [4.69, 9.17) is 0 Å². The van der Waals surface area contributed by atoms with E-state index in [1.165, 1.54) is 42.5 Å². The minimum atomic E-state index is -0.521. The summed E-state index contributed by atoms with van der Waals surface area (Å²) >= 11 is 0. The van der Waals surface area contributed by atoms with Crippen LogP contribution < -0.4 is 10.6 Å². The second-order valence-corrected chi connectivity index (χ2v) is 3.60. The zero-order valence-electron chi connectivity index (χ0n) is 9.28. The minimum absolute atomic E-state index is 0.342. The van der Waals surface area contributed by atoms with Crippen molar-refractivity contribution in [2.75, 3.05) is 10.6 Å². The van der Waals surface area contributed by atoms with Crippen molar-refractivity contribution in [3.8, 4) is 0 Å². The van der Waals surface area contributed by atoms with Gasteiger partial charge >= 0.3 is 6.03 Å². The fraction of sp³-hybridized carbons (Fsp3) is 0. The van der Waals surface area contributed by atoms with Crippen molar-refractivity contribution in [2.45, 2.75) is 0 Å². The van der Waals surface area contributed by atoms with Gasteiger partial charge < -0.3 is 10.6 Å². The molecule has 0 saturated heterocycles. The molecule has 92 valence electrons. The van der Waals surface area contributed by atoms with Gasteiger partial charge in [0.1, 0.15) is 11.6 Å². The van der Waals surface area contributed by atoms with Crippen molar-refractivity contribution >= 4 is 17.4 Å². The first-order valence-corrected chi connectivity index (χ1v) is 5.22. The number of benzene rings is 2. The summed E-state index contributed by atoms with van der Waals surface area (Å²) in [5, 5.41) is 4.96. The second kappa shape index (κ2) is 5.27. The predicted octanol–water partition coefficient (Wildman–Crippen LogP) is 3.61. The number of amides is 2. The molecular weight excluding hydrogens is 238 g/mol. The maximum atomic E-state index is 12.9. The van der Waals surface area contributed by atoms with Gasteiger partial charge in [-0.25, -0.2) is 13.6 Å². The van der Waals surface area contributed by atoms with Gasteiger partial charge in [-0.05, 0) is 42.5 Å². The lowest BCUT2D eigenvalue weighted by atomic mass is 10.3. The van der Waals surface area contributed by atoms with Gasteiger partial charge in [0.25, 0.3) is 0 Å². The van der Waals surface area contributed by atoms with Crippen LogP contribution in [0.25, 0.3) is 0 Å². The van der Waals surface area contributed by atoms with E-state index in [0.29, 0.717) is 11.4 Å². The number of hydrogen-bond donors (Lipinski definition) is 2. The Bertz CT molecular complexity index is 555. The van der Waals surface area contributed by atoms with Crippen LogP contribution in [0.2, 0.25) is 0 Å². The third-order valence-corrected chi connectivity index (χ3v) is 2.18. The lowest BCUT2D eigenvalue weighted by Gasteiger charge is -2.07. The summed E-state index contributed by atoms with van der Waals surface area (Å²) in [5.41, 5.74) is 0.792. The summed E-state index contributed by atoms with van der Waals surface area (Å²) in [6, 6.07) is 10.3. The molecule has 18 heavy (non-hydrogen) atoms. The van der Waals surface area contributed by atoms with Gasteiger partial charge in [-0.3, -0.25) is 0 Å². The van der Waals surface area contributed by atoms with E-state index in [9.17, 15) is 13.6 Å². The van der Waals surface area contributed by atoms with Crippen LogP contribution >= 0.6 is 0 Å². The molecule has 5 heteroatoms. The zero-order chi connectivity index (χ0) is 13.0. The Balaban J connectivity index is 1.98. The maximum Gasteiger partial charge on any atom is 0.323 e. The van der Waals surface area contributed by atoms with Crippen LogP contribution in [0.5, 0.6) is 0 Å². The van der Waals surface area contributed by atoms with E-state index in [0.717, 1.165) is 0 Å². The van der Waals surface area contributed by atoms with Gasteiger partial charge in [0.05, 0.1) is 0 Å². The minimum Gasteiger partial charge on any atom is -0.308 e. The molecule has 0 unspecified atom stereocenters. The van der Waals surface area contributed by atoms with Crippen molar-refractivity contribution in [2.24, 2.45) is 0 Å². The average molecular weight is 248 g/mol. The molecule has 2 amide bonds. The molecule has 0 aliphatic heterocycles. The number of anilines is 2. The Morgan fingerprint density at radius 3 is 2.17 bits per heavy atom. The largest absolute Gasteiger partial charge is 0.323 e. The summed E-state index contributed by atoms with van der Waals surface area (Å²) in [7, 11) is 0. The lowest BCUT2D eigenvalue weighted by molar-refractivity contribution is 0.262. The van der Waals surface area contributed by atoms with Gasteiger partial charge in [0.15, 0.2) is 0 Å². The number of hydrogen-bond acceptors (Lipinski definition) is 1. The van der Waals surface area contributed by atoms with Crippen LogP contribution in [-0.2, 0) is 0 Å². The Labute approximate surface area is 102 Å². The quantitative estimate of drug-likeness (QED) is 0.837. The van der Waals surface area contributed by atoms with Crippen LogP contribution in [0.4, 0.5) is 25.0 Å². The number of carbonyl (C=O) groups is 1. The summed E-state index contributed by atoms with van der Waals surface area (Å²) in [4.78, 5) is 11.5.